The summed E-state index contributed by atoms with van der Waals surface area (Å²) in [6.45, 7) is 0.977. The van der Waals surface area contributed by atoms with Gasteiger partial charge in [-0.05, 0) is 81.1 Å². The van der Waals surface area contributed by atoms with Crippen LogP contribution in [-0.2, 0) is 6.54 Å². The van der Waals surface area contributed by atoms with Crippen LogP contribution in [0.25, 0.3) is 0 Å². The lowest BCUT2D eigenvalue weighted by Crippen LogP contribution is -2.39. The second-order valence-corrected chi connectivity index (χ2v) is 8.34. The Hall–Kier alpha value is -1.84. The van der Waals surface area contributed by atoms with Gasteiger partial charge in [0.1, 0.15) is 0 Å². The van der Waals surface area contributed by atoms with Crippen LogP contribution >= 0.6 is 11.6 Å². The van der Waals surface area contributed by atoms with E-state index < -0.39 is 0 Å². The van der Waals surface area contributed by atoms with E-state index in [0.717, 1.165) is 32.2 Å². The Morgan fingerprint density at radius 2 is 1.52 bits per heavy atom. The quantitative estimate of drug-likeness (QED) is 0.707. The molecule has 0 radical (unpaired) electrons. The number of benzene rings is 2. The Balaban J connectivity index is 1.56. The molecule has 3 rings (SSSR count). The third kappa shape index (κ3) is 5.12. The van der Waals surface area contributed by atoms with Crippen molar-refractivity contribution in [2.24, 2.45) is 0 Å². The van der Waals surface area contributed by atoms with Crippen molar-refractivity contribution in [3.63, 3.8) is 0 Å². The van der Waals surface area contributed by atoms with Gasteiger partial charge >= 0.3 is 0 Å². The summed E-state index contributed by atoms with van der Waals surface area (Å²) in [7, 11) is 6.12. The number of amides is 1. The van der Waals surface area contributed by atoms with Crippen molar-refractivity contribution < 1.29 is 4.79 Å². The highest BCUT2D eigenvalue weighted by molar-refractivity contribution is 6.30. The largest absolute Gasteiger partial charge is 0.339 e. The molecule has 0 aliphatic heterocycles. The summed E-state index contributed by atoms with van der Waals surface area (Å²) in [4.78, 5) is 16.8. The van der Waals surface area contributed by atoms with E-state index in [4.69, 9.17) is 11.6 Å². The zero-order chi connectivity index (χ0) is 19.4. The van der Waals surface area contributed by atoms with Crippen LogP contribution < -0.4 is 0 Å². The summed E-state index contributed by atoms with van der Waals surface area (Å²) in [6.07, 6.45) is 4.38. The molecule has 1 saturated carbocycles. The normalized spacial score (nSPS) is 19.9. The fraction of sp³-hybridized carbons (Fsp3) is 0.435. The number of carbonyl (C=O) groups is 1. The van der Waals surface area contributed by atoms with Gasteiger partial charge in [-0.25, -0.2) is 0 Å². The number of nitrogens with zero attached hydrogens (tertiary/aromatic N) is 2. The van der Waals surface area contributed by atoms with E-state index in [1.807, 2.05) is 24.1 Å². The van der Waals surface area contributed by atoms with Crippen LogP contribution in [0.15, 0.2) is 48.5 Å². The fourth-order valence-electron chi connectivity index (χ4n) is 4.02. The topological polar surface area (TPSA) is 23.6 Å². The maximum atomic E-state index is 12.7. The Morgan fingerprint density at radius 3 is 2.07 bits per heavy atom. The molecule has 0 bridgehead atoms. The van der Waals surface area contributed by atoms with E-state index in [1.165, 1.54) is 11.1 Å². The number of rotatable bonds is 5. The first kappa shape index (κ1) is 19.9. The van der Waals surface area contributed by atoms with Crippen molar-refractivity contribution in [1.82, 2.24) is 9.80 Å². The van der Waals surface area contributed by atoms with Crippen molar-refractivity contribution in [1.29, 1.82) is 0 Å². The molecule has 0 saturated heterocycles. The van der Waals surface area contributed by atoms with E-state index in [9.17, 15) is 4.79 Å². The lowest BCUT2D eigenvalue weighted by molar-refractivity contribution is 0.0689. The van der Waals surface area contributed by atoms with Gasteiger partial charge in [0.25, 0.3) is 5.91 Å². The molecule has 1 amide bonds. The minimum atomic E-state index is 0.0863. The predicted octanol–water partition coefficient (Wildman–Crippen LogP) is 5.20. The molecule has 1 aliphatic rings. The Morgan fingerprint density at radius 1 is 0.926 bits per heavy atom. The molecule has 0 spiro atoms. The van der Waals surface area contributed by atoms with Gasteiger partial charge in [-0.3, -0.25) is 4.79 Å². The van der Waals surface area contributed by atoms with Crippen molar-refractivity contribution >= 4 is 17.5 Å². The Bertz CT molecular complexity index is 747. The standard InChI is InChI=1S/C23H29ClN2O/c1-25(2)16-17-4-6-18(7-5-17)19-10-14-22(15-11-19)26(3)23(27)20-8-12-21(24)13-9-20/h4-9,12-13,19,22H,10-11,14-16H2,1-3H3. The summed E-state index contributed by atoms with van der Waals surface area (Å²) in [5, 5.41) is 0.659. The summed E-state index contributed by atoms with van der Waals surface area (Å²) in [6, 6.07) is 16.6. The van der Waals surface area contributed by atoms with Crippen LogP contribution in [0.4, 0.5) is 0 Å². The number of carbonyl (C=O) groups excluding carboxylic acids is 1. The lowest BCUT2D eigenvalue weighted by Gasteiger charge is -2.35. The van der Waals surface area contributed by atoms with Gasteiger partial charge in [-0.15, -0.1) is 0 Å². The van der Waals surface area contributed by atoms with E-state index in [-0.39, 0.29) is 5.91 Å². The highest BCUT2D eigenvalue weighted by atomic mass is 35.5. The van der Waals surface area contributed by atoms with Crippen molar-refractivity contribution in [3.8, 4) is 0 Å². The van der Waals surface area contributed by atoms with Gasteiger partial charge < -0.3 is 9.80 Å². The molecule has 4 heteroatoms. The fourth-order valence-corrected chi connectivity index (χ4v) is 4.14. The molecular formula is C23H29ClN2O. The number of hydrogen-bond donors (Lipinski definition) is 0. The number of halogens is 1. The molecule has 144 valence electrons. The molecule has 3 nitrogen and oxygen atoms in total. The SMILES string of the molecule is CN(C)Cc1ccc(C2CCC(N(C)C(=O)c3ccc(Cl)cc3)CC2)cc1. The van der Waals surface area contributed by atoms with Crippen LogP contribution in [0, 0.1) is 0 Å². The van der Waals surface area contributed by atoms with Crippen LogP contribution in [0.1, 0.15) is 53.1 Å². The smallest absolute Gasteiger partial charge is 0.253 e. The zero-order valence-corrected chi connectivity index (χ0v) is 17.2. The summed E-state index contributed by atoms with van der Waals surface area (Å²) >= 11 is 5.93. The molecule has 2 aromatic carbocycles. The monoisotopic (exact) mass is 384 g/mol. The zero-order valence-electron chi connectivity index (χ0n) is 16.5. The van der Waals surface area contributed by atoms with Crippen molar-refractivity contribution in [3.05, 3.63) is 70.2 Å². The molecule has 0 heterocycles. The first-order chi connectivity index (χ1) is 12.9. The van der Waals surface area contributed by atoms with Gasteiger partial charge in [-0.1, -0.05) is 35.9 Å². The lowest BCUT2D eigenvalue weighted by atomic mass is 9.81. The summed E-state index contributed by atoms with van der Waals surface area (Å²) in [5.74, 6) is 0.692. The third-order valence-electron chi connectivity index (χ3n) is 5.61. The van der Waals surface area contributed by atoms with Crippen LogP contribution in [-0.4, -0.2) is 42.9 Å². The predicted molar refractivity (Wildman–Crippen MR) is 112 cm³/mol. The first-order valence-corrected chi connectivity index (χ1v) is 10.1. The molecule has 1 aliphatic carbocycles. The van der Waals surface area contributed by atoms with E-state index in [0.29, 0.717) is 22.5 Å². The molecule has 27 heavy (non-hydrogen) atoms. The Kier molecular flexibility index (Phi) is 6.56. The van der Waals surface area contributed by atoms with Gasteiger partial charge in [0, 0.05) is 30.2 Å². The maximum absolute atomic E-state index is 12.7. The molecule has 0 atom stereocenters. The third-order valence-corrected chi connectivity index (χ3v) is 5.86. The van der Waals surface area contributed by atoms with Gasteiger partial charge in [0.15, 0.2) is 0 Å². The van der Waals surface area contributed by atoms with Crippen molar-refractivity contribution in [2.45, 2.75) is 44.2 Å². The Labute approximate surface area is 167 Å². The van der Waals surface area contributed by atoms with E-state index in [2.05, 4.69) is 43.3 Å². The molecular weight excluding hydrogens is 356 g/mol. The maximum Gasteiger partial charge on any atom is 0.253 e. The van der Waals surface area contributed by atoms with Gasteiger partial charge in [-0.2, -0.15) is 0 Å². The average Bonchev–Trinajstić information content (AvgIpc) is 2.68. The number of hydrogen-bond acceptors (Lipinski definition) is 2. The highest BCUT2D eigenvalue weighted by Crippen LogP contribution is 2.35. The first-order valence-electron chi connectivity index (χ1n) is 9.70. The highest BCUT2D eigenvalue weighted by Gasteiger charge is 2.27. The molecule has 0 unspecified atom stereocenters. The van der Waals surface area contributed by atoms with Gasteiger partial charge in [0.05, 0.1) is 0 Å². The van der Waals surface area contributed by atoms with E-state index >= 15 is 0 Å². The molecule has 2 aromatic rings. The second-order valence-electron chi connectivity index (χ2n) is 7.91. The summed E-state index contributed by atoms with van der Waals surface area (Å²) < 4.78 is 0. The second kappa shape index (κ2) is 8.90. The molecule has 1 fully saturated rings. The average molecular weight is 385 g/mol. The van der Waals surface area contributed by atoms with E-state index in [1.54, 1.807) is 12.1 Å². The van der Waals surface area contributed by atoms with Crippen LogP contribution in [0.2, 0.25) is 5.02 Å². The van der Waals surface area contributed by atoms with Crippen LogP contribution in [0.3, 0.4) is 0 Å². The molecule has 0 N–H and O–H groups in total. The van der Waals surface area contributed by atoms with Crippen molar-refractivity contribution in [2.75, 3.05) is 21.1 Å². The van der Waals surface area contributed by atoms with Crippen LogP contribution in [0.5, 0.6) is 0 Å². The van der Waals surface area contributed by atoms with Gasteiger partial charge in [0.2, 0.25) is 0 Å². The minimum absolute atomic E-state index is 0.0863. The minimum Gasteiger partial charge on any atom is -0.339 e. The molecule has 0 aromatic heterocycles. The summed E-state index contributed by atoms with van der Waals surface area (Å²) in [5.41, 5.74) is 3.49.